The summed E-state index contributed by atoms with van der Waals surface area (Å²) in [6.07, 6.45) is 0.995. The fourth-order valence-corrected chi connectivity index (χ4v) is 4.86. The molecule has 0 unspecified atom stereocenters. The number of hydrogen-bond donors (Lipinski definition) is 1. The molecule has 1 saturated heterocycles. The fraction of sp³-hybridized carbons (Fsp3) is 0.316. The van der Waals surface area contributed by atoms with Crippen LogP contribution < -0.4 is 5.32 Å². The number of carbonyl (C=O) groups excluding carboxylic acids is 1. The first-order chi connectivity index (χ1) is 12.4. The van der Waals surface area contributed by atoms with Crippen LogP contribution in [0.2, 0.25) is 5.02 Å². The van der Waals surface area contributed by atoms with Crippen molar-refractivity contribution in [2.75, 3.05) is 18.4 Å². The first kappa shape index (κ1) is 18.9. The average Bonchev–Trinajstić information content (AvgIpc) is 2.62. The molecule has 0 saturated carbocycles. The molecular formula is C19H21ClN2O3S. The summed E-state index contributed by atoms with van der Waals surface area (Å²) in [5.41, 5.74) is 1.55. The lowest BCUT2D eigenvalue weighted by Crippen LogP contribution is -2.41. The van der Waals surface area contributed by atoms with Crippen molar-refractivity contribution in [3.05, 3.63) is 59.1 Å². The molecule has 0 radical (unpaired) electrons. The molecule has 26 heavy (non-hydrogen) atoms. The van der Waals surface area contributed by atoms with Crippen LogP contribution in [-0.4, -0.2) is 31.7 Å². The summed E-state index contributed by atoms with van der Waals surface area (Å²) in [4.78, 5) is 12.7. The van der Waals surface area contributed by atoms with E-state index in [9.17, 15) is 13.2 Å². The van der Waals surface area contributed by atoms with Crippen molar-refractivity contribution in [2.45, 2.75) is 24.7 Å². The molecule has 0 aromatic heterocycles. The van der Waals surface area contributed by atoms with Crippen LogP contribution in [0, 0.1) is 12.8 Å². The SMILES string of the molecule is Cc1cccc(S(=O)(=O)N2CCC(C(=O)Nc3cccc(Cl)c3)CC2)c1. The minimum absolute atomic E-state index is 0.0973. The Labute approximate surface area is 159 Å². The van der Waals surface area contributed by atoms with E-state index in [-0.39, 0.29) is 11.8 Å². The van der Waals surface area contributed by atoms with Gasteiger partial charge in [0.15, 0.2) is 0 Å². The van der Waals surface area contributed by atoms with Crippen LogP contribution in [0.15, 0.2) is 53.4 Å². The summed E-state index contributed by atoms with van der Waals surface area (Å²) >= 11 is 5.93. The zero-order valence-electron chi connectivity index (χ0n) is 14.5. The summed E-state index contributed by atoms with van der Waals surface area (Å²) in [7, 11) is -3.51. The Balaban J connectivity index is 1.62. The van der Waals surface area contributed by atoms with Gasteiger partial charge in [-0.3, -0.25) is 4.79 Å². The molecule has 0 aliphatic carbocycles. The number of nitrogens with zero attached hydrogens (tertiary/aromatic N) is 1. The molecule has 1 N–H and O–H groups in total. The maximum atomic E-state index is 12.8. The van der Waals surface area contributed by atoms with Gasteiger partial charge in [0.2, 0.25) is 15.9 Å². The number of piperidine rings is 1. The van der Waals surface area contributed by atoms with Gasteiger partial charge in [-0.1, -0.05) is 29.8 Å². The lowest BCUT2D eigenvalue weighted by atomic mass is 9.97. The highest BCUT2D eigenvalue weighted by Crippen LogP contribution is 2.25. The van der Waals surface area contributed by atoms with E-state index in [1.54, 1.807) is 42.5 Å². The van der Waals surface area contributed by atoms with Crippen molar-refractivity contribution in [2.24, 2.45) is 5.92 Å². The first-order valence-electron chi connectivity index (χ1n) is 8.49. The number of carbonyl (C=O) groups is 1. The van der Waals surface area contributed by atoms with E-state index in [2.05, 4.69) is 5.32 Å². The minimum atomic E-state index is -3.51. The predicted octanol–water partition coefficient (Wildman–Crippen LogP) is 3.69. The van der Waals surface area contributed by atoms with E-state index in [1.807, 2.05) is 13.0 Å². The van der Waals surface area contributed by atoms with E-state index < -0.39 is 10.0 Å². The van der Waals surface area contributed by atoms with Gasteiger partial charge in [-0.05, 0) is 55.7 Å². The van der Waals surface area contributed by atoms with Crippen LogP contribution in [0.4, 0.5) is 5.69 Å². The Kier molecular flexibility index (Phi) is 5.65. The van der Waals surface area contributed by atoms with Crippen LogP contribution >= 0.6 is 11.6 Å². The first-order valence-corrected chi connectivity index (χ1v) is 10.3. The van der Waals surface area contributed by atoms with Gasteiger partial charge in [0.05, 0.1) is 4.90 Å². The molecule has 5 nitrogen and oxygen atoms in total. The molecule has 1 heterocycles. The normalized spacial score (nSPS) is 16.4. The number of benzene rings is 2. The van der Waals surface area contributed by atoms with Gasteiger partial charge in [-0.2, -0.15) is 4.31 Å². The standard InChI is InChI=1S/C19H21ClN2O3S/c1-14-4-2-7-18(12-14)26(24,25)22-10-8-15(9-11-22)19(23)21-17-6-3-5-16(20)13-17/h2-7,12-13,15H,8-11H2,1H3,(H,21,23). The Hall–Kier alpha value is -1.89. The van der Waals surface area contributed by atoms with Crippen LogP contribution in [0.3, 0.4) is 0 Å². The van der Waals surface area contributed by atoms with Crippen LogP contribution in [0.5, 0.6) is 0 Å². The second-order valence-corrected chi connectivity index (χ2v) is 8.87. The third-order valence-corrected chi connectivity index (χ3v) is 6.67. The van der Waals surface area contributed by atoms with Gasteiger partial charge in [-0.25, -0.2) is 8.42 Å². The quantitative estimate of drug-likeness (QED) is 0.862. The largest absolute Gasteiger partial charge is 0.326 e. The second-order valence-electron chi connectivity index (χ2n) is 6.49. The molecule has 0 atom stereocenters. The highest BCUT2D eigenvalue weighted by Gasteiger charge is 2.32. The third-order valence-electron chi connectivity index (χ3n) is 4.54. The Morgan fingerprint density at radius 1 is 1.12 bits per heavy atom. The van der Waals surface area contributed by atoms with Crippen LogP contribution in [0.1, 0.15) is 18.4 Å². The van der Waals surface area contributed by atoms with Crippen LogP contribution in [-0.2, 0) is 14.8 Å². The monoisotopic (exact) mass is 392 g/mol. The topological polar surface area (TPSA) is 66.5 Å². The number of sulfonamides is 1. The van der Waals surface area contributed by atoms with Gasteiger partial charge < -0.3 is 5.32 Å². The van der Waals surface area contributed by atoms with Gasteiger partial charge in [0.25, 0.3) is 0 Å². The Morgan fingerprint density at radius 2 is 1.81 bits per heavy atom. The molecule has 2 aromatic rings. The molecule has 2 aromatic carbocycles. The summed E-state index contributed by atoms with van der Waals surface area (Å²) < 4.78 is 27.0. The number of anilines is 1. The smallest absolute Gasteiger partial charge is 0.243 e. The van der Waals surface area contributed by atoms with Gasteiger partial charge in [-0.15, -0.1) is 0 Å². The summed E-state index contributed by atoms with van der Waals surface area (Å²) in [6.45, 7) is 2.54. The Bertz CT molecular complexity index is 907. The van der Waals surface area contributed by atoms with E-state index >= 15 is 0 Å². The number of halogens is 1. The predicted molar refractivity (Wildman–Crippen MR) is 103 cm³/mol. The maximum absolute atomic E-state index is 12.8. The molecule has 0 bridgehead atoms. The van der Waals surface area contributed by atoms with Gasteiger partial charge >= 0.3 is 0 Å². The number of hydrogen-bond acceptors (Lipinski definition) is 3. The molecule has 0 spiro atoms. The van der Waals surface area contributed by atoms with Crippen molar-refractivity contribution in [3.8, 4) is 0 Å². The lowest BCUT2D eigenvalue weighted by Gasteiger charge is -2.30. The fourth-order valence-electron chi connectivity index (χ4n) is 3.09. The molecule has 7 heteroatoms. The molecule has 1 aliphatic heterocycles. The van der Waals surface area contributed by atoms with Crippen molar-refractivity contribution in [3.63, 3.8) is 0 Å². The minimum Gasteiger partial charge on any atom is -0.326 e. The molecule has 1 amide bonds. The molecule has 3 rings (SSSR count). The third kappa shape index (κ3) is 4.26. The lowest BCUT2D eigenvalue weighted by molar-refractivity contribution is -0.120. The van der Waals surface area contributed by atoms with Crippen molar-refractivity contribution < 1.29 is 13.2 Å². The number of amides is 1. The summed E-state index contributed by atoms with van der Waals surface area (Å²) in [5, 5.41) is 3.41. The zero-order valence-corrected chi connectivity index (χ0v) is 16.1. The highest BCUT2D eigenvalue weighted by molar-refractivity contribution is 7.89. The molecular weight excluding hydrogens is 372 g/mol. The number of aryl methyl sites for hydroxylation is 1. The van der Waals surface area contributed by atoms with E-state index in [0.29, 0.717) is 41.5 Å². The summed E-state index contributed by atoms with van der Waals surface area (Å²) in [6, 6.07) is 13.9. The molecule has 1 fully saturated rings. The zero-order chi connectivity index (χ0) is 18.7. The maximum Gasteiger partial charge on any atom is 0.243 e. The highest BCUT2D eigenvalue weighted by atomic mass is 35.5. The van der Waals surface area contributed by atoms with Gasteiger partial charge in [0, 0.05) is 29.7 Å². The second kappa shape index (κ2) is 7.78. The van der Waals surface area contributed by atoms with Crippen molar-refractivity contribution >= 4 is 33.2 Å². The molecule has 1 aliphatic rings. The molecule has 138 valence electrons. The summed E-state index contributed by atoms with van der Waals surface area (Å²) in [5.74, 6) is -0.308. The van der Waals surface area contributed by atoms with E-state index in [4.69, 9.17) is 11.6 Å². The average molecular weight is 393 g/mol. The van der Waals surface area contributed by atoms with Crippen LogP contribution in [0.25, 0.3) is 0 Å². The van der Waals surface area contributed by atoms with E-state index in [1.165, 1.54) is 4.31 Å². The number of nitrogens with one attached hydrogen (secondary N) is 1. The van der Waals surface area contributed by atoms with Crippen molar-refractivity contribution in [1.29, 1.82) is 0 Å². The Morgan fingerprint density at radius 3 is 2.46 bits per heavy atom. The van der Waals surface area contributed by atoms with E-state index in [0.717, 1.165) is 5.56 Å². The number of rotatable bonds is 4. The van der Waals surface area contributed by atoms with Gasteiger partial charge in [0.1, 0.15) is 0 Å². The van der Waals surface area contributed by atoms with Crippen molar-refractivity contribution in [1.82, 2.24) is 4.31 Å².